The topological polar surface area (TPSA) is 8.17 Å². The highest BCUT2D eigenvalue weighted by Crippen LogP contribution is 2.50. The predicted octanol–water partition coefficient (Wildman–Crippen LogP) is 16.4. The van der Waals surface area contributed by atoms with Crippen LogP contribution in [0.2, 0.25) is 0 Å². The molecular weight excluding hydrogens is 745 g/mol. The molecule has 9 aromatic carbocycles. The number of nitrogens with zero attached hydrogens (tertiary/aromatic N) is 2. The van der Waals surface area contributed by atoms with Crippen LogP contribution in [-0.4, -0.2) is 4.57 Å². The normalized spacial score (nSPS) is 15.0. The molecule has 2 unspecified atom stereocenters. The van der Waals surface area contributed by atoms with Crippen molar-refractivity contribution in [2.24, 2.45) is 0 Å². The first-order chi connectivity index (χ1) is 29.7. The van der Waals surface area contributed by atoms with Crippen molar-refractivity contribution in [2.75, 3.05) is 4.90 Å². The molecule has 2 atom stereocenters. The second-order valence-electron chi connectivity index (χ2n) is 16.1. The molecule has 0 bridgehead atoms. The maximum Gasteiger partial charge on any atom is 0.0640 e. The fourth-order valence-electron chi connectivity index (χ4n) is 9.93. The lowest BCUT2D eigenvalue weighted by Crippen LogP contribution is -2.14. The molecule has 12 rings (SSSR count). The van der Waals surface area contributed by atoms with Crippen LogP contribution in [0.3, 0.4) is 0 Å². The summed E-state index contributed by atoms with van der Waals surface area (Å²) in [5, 5.41) is 7.62. The van der Waals surface area contributed by atoms with Crippen molar-refractivity contribution in [2.45, 2.75) is 18.8 Å². The van der Waals surface area contributed by atoms with E-state index in [9.17, 15) is 0 Å². The zero-order valence-corrected chi connectivity index (χ0v) is 34.0. The summed E-state index contributed by atoms with van der Waals surface area (Å²) in [5.41, 5.74) is 13.5. The van der Waals surface area contributed by atoms with Crippen molar-refractivity contribution in [1.82, 2.24) is 4.57 Å². The Morgan fingerprint density at radius 1 is 0.483 bits per heavy atom. The van der Waals surface area contributed by atoms with Crippen LogP contribution in [0, 0.1) is 0 Å². The van der Waals surface area contributed by atoms with Gasteiger partial charge >= 0.3 is 0 Å². The van der Waals surface area contributed by atoms with Crippen molar-refractivity contribution in [3.8, 4) is 16.8 Å². The monoisotopic (exact) mass is 784 g/mol. The summed E-state index contributed by atoms with van der Waals surface area (Å²) in [4.78, 5) is 2.51. The van der Waals surface area contributed by atoms with Gasteiger partial charge in [-0.2, -0.15) is 0 Å². The molecule has 284 valence electrons. The lowest BCUT2D eigenvalue weighted by atomic mass is 9.75. The van der Waals surface area contributed by atoms with Gasteiger partial charge in [0.1, 0.15) is 0 Å². The van der Waals surface area contributed by atoms with Gasteiger partial charge in [0.2, 0.25) is 0 Å². The van der Waals surface area contributed by atoms with E-state index in [2.05, 4.69) is 229 Å². The van der Waals surface area contributed by atoms with Crippen molar-refractivity contribution in [3.05, 3.63) is 223 Å². The highest BCUT2D eigenvalue weighted by Gasteiger charge is 2.28. The third-order valence-electron chi connectivity index (χ3n) is 12.8. The van der Waals surface area contributed by atoms with Crippen LogP contribution in [0.1, 0.15) is 35.4 Å². The average Bonchev–Trinajstić information content (AvgIpc) is 3.87. The van der Waals surface area contributed by atoms with Gasteiger partial charge in [-0.25, -0.2) is 0 Å². The zero-order chi connectivity index (χ0) is 39.7. The van der Waals surface area contributed by atoms with Gasteiger partial charge < -0.3 is 9.47 Å². The summed E-state index contributed by atoms with van der Waals surface area (Å²) in [7, 11) is 0. The Morgan fingerprint density at radius 3 is 2.05 bits per heavy atom. The predicted molar refractivity (Wildman–Crippen MR) is 258 cm³/mol. The van der Waals surface area contributed by atoms with Gasteiger partial charge in [0, 0.05) is 49.2 Å². The Bertz CT molecular complexity index is 3460. The number of thiophene rings is 1. The van der Waals surface area contributed by atoms with Crippen LogP contribution >= 0.6 is 11.3 Å². The molecule has 0 saturated carbocycles. The van der Waals surface area contributed by atoms with Gasteiger partial charge in [-0.05, 0) is 99.1 Å². The van der Waals surface area contributed by atoms with Gasteiger partial charge in [-0.15, -0.1) is 11.3 Å². The number of hydrogen-bond donors (Lipinski definition) is 0. The number of hydrogen-bond acceptors (Lipinski definition) is 2. The van der Waals surface area contributed by atoms with E-state index in [0.717, 1.165) is 17.1 Å². The second kappa shape index (κ2) is 14.0. The second-order valence-corrected chi connectivity index (χ2v) is 17.1. The fourth-order valence-corrected chi connectivity index (χ4v) is 11.3. The van der Waals surface area contributed by atoms with E-state index in [1.807, 2.05) is 11.3 Å². The molecule has 0 spiro atoms. The minimum atomic E-state index is 0.234. The molecule has 0 N–H and O–H groups in total. The quantitative estimate of drug-likeness (QED) is 0.163. The zero-order valence-electron chi connectivity index (χ0n) is 33.2. The number of rotatable bonds is 6. The highest BCUT2D eigenvalue weighted by molar-refractivity contribution is 7.27. The molecule has 0 amide bonds. The Kier molecular flexibility index (Phi) is 8.11. The molecule has 2 aromatic heterocycles. The lowest BCUT2D eigenvalue weighted by molar-refractivity contribution is 0.670. The van der Waals surface area contributed by atoms with Crippen LogP contribution in [-0.2, 0) is 0 Å². The summed E-state index contributed by atoms with van der Waals surface area (Å²) in [6.45, 7) is 2.38. The van der Waals surface area contributed by atoms with Gasteiger partial charge in [0.15, 0.2) is 0 Å². The molecule has 2 nitrogen and oxygen atoms in total. The van der Waals surface area contributed by atoms with Gasteiger partial charge in [-0.3, -0.25) is 0 Å². The van der Waals surface area contributed by atoms with Crippen LogP contribution < -0.4 is 4.90 Å². The Labute approximate surface area is 353 Å². The summed E-state index contributed by atoms with van der Waals surface area (Å²) >= 11 is 1.91. The molecular formula is C57H40N2S. The largest absolute Gasteiger partial charge is 0.309 e. The van der Waals surface area contributed by atoms with E-state index < -0.39 is 0 Å². The molecule has 1 aliphatic rings. The maximum absolute atomic E-state index is 2.51. The third-order valence-corrected chi connectivity index (χ3v) is 14.1. The maximum atomic E-state index is 2.51. The van der Waals surface area contributed by atoms with Crippen LogP contribution in [0.5, 0.6) is 0 Å². The number of allylic oxidation sites excluding steroid dienone is 1. The summed E-state index contributed by atoms with van der Waals surface area (Å²) < 4.78 is 5.01. The van der Waals surface area contributed by atoms with Crippen molar-refractivity contribution in [3.63, 3.8) is 0 Å². The summed E-state index contributed by atoms with van der Waals surface area (Å²) in [5.74, 6) is 0.569. The minimum Gasteiger partial charge on any atom is -0.309 e. The smallest absolute Gasteiger partial charge is 0.0640 e. The van der Waals surface area contributed by atoms with E-state index in [1.54, 1.807) is 0 Å². The average molecular weight is 785 g/mol. The fraction of sp³-hybridized carbons (Fsp3) is 0.0526. The number of anilines is 3. The molecule has 11 aromatic rings. The minimum absolute atomic E-state index is 0.234. The number of aromatic nitrogens is 1. The summed E-state index contributed by atoms with van der Waals surface area (Å²) in [6, 6.07) is 73.9. The molecule has 2 heterocycles. The molecule has 60 heavy (non-hydrogen) atoms. The lowest BCUT2D eigenvalue weighted by Gasteiger charge is -2.31. The Morgan fingerprint density at radius 2 is 1.17 bits per heavy atom. The number of fused-ring (bicyclic) bond motifs is 9. The molecule has 0 saturated heterocycles. The SMILES string of the molecule is CC1c2ccccc2C=CC1c1ccc(N(c2ccc3c(c2)c2ccccc2n3-c2ccccc2)c2cccc3c2sc2c4ccccc4ccc32)cc1-c1ccccc1. The number of benzene rings is 9. The Hall–Kier alpha value is -7.20. The highest BCUT2D eigenvalue weighted by atomic mass is 32.1. The first-order valence-corrected chi connectivity index (χ1v) is 21.7. The first-order valence-electron chi connectivity index (χ1n) is 20.9. The first kappa shape index (κ1) is 34.8. The van der Waals surface area contributed by atoms with E-state index in [0.29, 0.717) is 5.92 Å². The van der Waals surface area contributed by atoms with E-state index in [-0.39, 0.29) is 5.92 Å². The molecule has 0 aliphatic heterocycles. The van der Waals surface area contributed by atoms with Gasteiger partial charge in [-0.1, -0.05) is 165 Å². The summed E-state index contributed by atoms with van der Waals surface area (Å²) in [6.07, 6.45) is 4.74. The molecule has 0 fully saturated rings. The Balaban J connectivity index is 1.12. The van der Waals surface area contributed by atoms with Gasteiger partial charge in [0.25, 0.3) is 0 Å². The molecule has 0 radical (unpaired) electrons. The van der Waals surface area contributed by atoms with Crippen molar-refractivity contribution in [1.29, 1.82) is 0 Å². The van der Waals surface area contributed by atoms with E-state index in [4.69, 9.17) is 0 Å². The number of para-hydroxylation sites is 2. The van der Waals surface area contributed by atoms with E-state index in [1.165, 1.54) is 86.3 Å². The van der Waals surface area contributed by atoms with Crippen molar-refractivity contribution >= 4 is 87.2 Å². The third kappa shape index (κ3) is 5.47. The van der Waals surface area contributed by atoms with E-state index >= 15 is 0 Å². The molecule has 3 heteroatoms. The van der Waals surface area contributed by atoms with Crippen molar-refractivity contribution < 1.29 is 0 Å². The van der Waals surface area contributed by atoms with Gasteiger partial charge in [0.05, 0.1) is 21.4 Å². The van der Waals surface area contributed by atoms with Crippen LogP contribution in [0.25, 0.3) is 75.6 Å². The standard InChI is InChI=1S/C57H40N2S/c1-37-44-21-10-8-17-39(44)27-31-45(37)47-33-29-42(35-51(47)38-15-4-2-5-16-38)58(55-26-14-24-49-50-32-28-40-18-9-11-22-46(40)56(50)60-57(49)55)43-30-34-54-52(36-43)48-23-12-13-25-53(48)59(54)41-19-6-3-7-20-41/h2-37,45H,1H3. The molecule has 1 aliphatic carbocycles. The van der Waals surface area contributed by atoms with Crippen LogP contribution in [0.4, 0.5) is 17.1 Å². The van der Waals surface area contributed by atoms with Crippen LogP contribution in [0.15, 0.2) is 206 Å².